The van der Waals surface area contributed by atoms with E-state index in [1.807, 2.05) is 6.92 Å². The second-order valence-electron chi connectivity index (χ2n) is 6.30. The summed E-state index contributed by atoms with van der Waals surface area (Å²) >= 11 is 0. The molecule has 0 aliphatic carbocycles. The van der Waals surface area contributed by atoms with Gasteiger partial charge in [0.1, 0.15) is 5.75 Å². The Kier molecular flexibility index (Phi) is 6.03. The van der Waals surface area contributed by atoms with Gasteiger partial charge in [0.05, 0.1) is 12.2 Å². The van der Waals surface area contributed by atoms with Crippen molar-refractivity contribution in [2.75, 3.05) is 13.7 Å². The van der Waals surface area contributed by atoms with Gasteiger partial charge in [-0.3, -0.25) is 0 Å². The summed E-state index contributed by atoms with van der Waals surface area (Å²) in [5, 5.41) is 0. The molecule has 0 aliphatic rings. The molecule has 0 aromatic heterocycles. The Balaban J connectivity index is 2.72. The van der Waals surface area contributed by atoms with Gasteiger partial charge in [-0.2, -0.15) is 0 Å². The minimum absolute atomic E-state index is 0.142. The highest BCUT2D eigenvalue weighted by Gasteiger charge is 2.16. The van der Waals surface area contributed by atoms with Crippen LogP contribution in [0.3, 0.4) is 0 Å². The minimum atomic E-state index is -0.142. The number of ether oxygens (including phenoxy) is 2. The van der Waals surface area contributed by atoms with Crippen LogP contribution in [0.1, 0.15) is 43.9 Å². The lowest BCUT2D eigenvalue weighted by atomic mass is 10.0. The van der Waals surface area contributed by atoms with Crippen molar-refractivity contribution in [3.8, 4) is 5.75 Å². The summed E-state index contributed by atoms with van der Waals surface area (Å²) in [6.07, 6.45) is 1.77. The molecule has 0 amide bonds. The van der Waals surface area contributed by atoms with Gasteiger partial charge < -0.3 is 15.2 Å². The topological polar surface area (TPSA) is 44.5 Å². The van der Waals surface area contributed by atoms with Crippen molar-refractivity contribution < 1.29 is 9.47 Å². The molecule has 0 radical (unpaired) electrons. The highest BCUT2D eigenvalue weighted by molar-refractivity contribution is 5.43. The minimum Gasteiger partial charge on any atom is -0.493 e. The van der Waals surface area contributed by atoms with Crippen LogP contribution in [0.5, 0.6) is 5.75 Å². The second kappa shape index (κ2) is 7.09. The number of hydrogen-bond acceptors (Lipinski definition) is 3. The van der Waals surface area contributed by atoms with Crippen LogP contribution >= 0.6 is 0 Å². The normalized spacial score (nSPS) is 13.3. The SMILES string of the molecule is COC(C)(C)CCOc1c(C)cc(CC(C)N)cc1C. The predicted octanol–water partition coefficient (Wildman–Crippen LogP) is 3.39. The summed E-state index contributed by atoms with van der Waals surface area (Å²) in [6.45, 7) is 11.0. The van der Waals surface area contributed by atoms with E-state index in [2.05, 4.69) is 39.8 Å². The molecule has 1 unspecified atom stereocenters. The zero-order valence-corrected chi connectivity index (χ0v) is 13.7. The maximum Gasteiger partial charge on any atom is 0.125 e. The average Bonchev–Trinajstić information content (AvgIpc) is 2.32. The summed E-state index contributed by atoms with van der Waals surface area (Å²) in [4.78, 5) is 0. The third kappa shape index (κ3) is 5.14. The first-order valence-electron chi connectivity index (χ1n) is 7.29. The van der Waals surface area contributed by atoms with Crippen LogP contribution in [0.15, 0.2) is 12.1 Å². The van der Waals surface area contributed by atoms with Crippen LogP contribution in [0.4, 0.5) is 0 Å². The first kappa shape index (κ1) is 17.0. The van der Waals surface area contributed by atoms with E-state index in [1.165, 1.54) is 16.7 Å². The summed E-state index contributed by atoms with van der Waals surface area (Å²) < 4.78 is 11.4. The lowest BCUT2D eigenvalue weighted by Crippen LogP contribution is -2.25. The van der Waals surface area contributed by atoms with Crippen molar-refractivity contribution in [3.05, 3.63) is 28.8 Å². The number of aryl methyl sites for hydroxylation is 2. The molecule has 1 atom stereocenters. The van der Waals surface area contributed by atoms with Crippen molar-refractivity contribution in [3.63, 3.8) is 0 Å². The van der Waals surface area contributed by atoms with Crippen molar-refractivity contribution >= 4 is 0 Å². The zero-order chi connectivity index (χ0) is 15.3. The zero-order valence-electron chi connectivity index (χ0n) is 13.7. The molecule has 1 rings (SSSR count). The molecule has 2 N–H and O–H groups in total. The Morgan fingerprint density at radius 1 is 1.20 bits per heavy atom. The molecule has 3 heteroatoms. The summed E-state index contributed by atoms with van der Waals surface area (Å²) in [5.41, 5.74) is 9.35. The van der Waals surface area contributed by atoms with Crippen molar-refractivity contribution in [2.24, 2.45) is 5.73 Å². The molecular formula is C17H29NO2. The molecular weight excluding hydrogens is 250 g/mol. The van der Waals surface area contributed by atoms with Crippen LogP contribution in [-0.2, 0) is 11.2 Å². The van der Waals surface area contributed by atoms with Gasteiger partial charge in [0.2, 0.25) is 0 Å². The van der Waals surface area contributed by atoms with Gasteiger partial charge in [-0.05, 0) is 57.7 Å². The fourth-order valence-electron chi connectivity index (χ4n) is 2.26. The number of nitrogens with two attached hydrogens (primary N) is 1. The van der Waals surface area contributed by atoms with E-state index < -0.39 is 0 Å². The monoisotopic (exact) mass is 279 g/mol. The smallest absolute Gasteiger partial charge is 0.125 e. The lowest BCUT2D eigenvalue weighted by Gasteiger charge is -2.23. The number of methoxy groups -OCH3 is 1. The van der Waals surface area contributed by atoms with E-state index in [4.69, 9.17) is 15.2 Å². The Bertz CT molecular complexity index is 416. The molecule has 0 heterocycles. The van der Waals surface area contributed by atoms with Gasteiger partial charge in [0.15, 0.2) is 0 Å². The summed E-state index contributed by atoms with van der Waals surface area (Å²) in [5.74, 6) is 0.991. The third-order valence-electron chi connectivity index (χ3n) is 3.58. The van der Waals surface area contributed by atoms with E-state index in [0.29, 0.717) is 6.61 Å². The van der Waals surface area contributed by atoms with Gasteiger partial charge in [0, 0.05) is 19.6 Å². The van der Waals surface area contributed by atoms with Gasteiger partial charge in [-0.15, -0.1) is 0 Å². The van der Waals surface area contributed by atoms with Gasteiger partial charge in [-0.25, -0.2) is 0 Å². The summed E-state index contributed by atoms with van der Waals surface area (Å²) in [6, 6.07) is 4.53. The Morgan fingerprint density at radius 3 is 2.20 bits per heavy atom. The molecule has 3 nitrogen and oxygen atoms in total. The first-order chi connectivity index (χ1) is 9.25. The van der Waals surface area contributed by atoms with Crippen LogP contribution in [0, 0.1) is 13.8 Å². The average molecular weight is 279 g/mol. The highest BCUT2D eigenvalue weighted by Crippen LogP contribution is 2.26. The fourth-order valence-corrected chi connectivity index (χ4v) is 2.26. The largest absolute Gasteiger partial charge is 0.493 e. The first-order valence-corrected chi connectivity index (χ1v) is 7.29. The molecule has 1 aromatic rings. The van der Waals surface area contributed by atoms with Crippen molar-refractivity contribution in [2.45, 2.75) is 59.1 Å². The fraction of sp³-hybridized carbons (Fsp3) is 0.647. The molecule has 1 aromatic carbocycles. The molecule has 0 bridgehead atoms. The van der Waals surface area contributed by atoms with E-state index in [-0.39, 0.29) is 11.6 Å². The highest BCUT2D eigenvalue weighted by atomic mass is 16.5. The number of rotatable bonds is 7. The second-order valence-corrected chi connectivity index (χ2v) is 6.30. The number of hydrogen-bond donors (Lipinski definition) is 1. The Morgan fingerprint density at radius 2 is 1.75 bits per heavy atom. The van der Waals surface area contributed by atoms with Gasteiger partial charge >= 0.3 is 0 Å². The van der Waals surface area contributed by atoms with E-state index in [0.717, 1.165) is 18.6 Å². The molecule has 0 spiro atoms. The van der Waals surface area contributed by atoms with E-state index in [9.17, 15) is 0 Å². The Labute approximate surface area is 123 Å². The van der Waals surface area contributed by atoms with E-state index in [1.54, 1.807) is 7.11 Å². The Hall–Kier alpha value is -1.06. The quantitative estimate of drug-likeness (QED) is 0.832. The maximum absolute atomic E-state index is 5.95. The van der Waals surface area contributed by atoms with E-state index >= 15 is 0 Å². The maximum atomic E-state index is 5.95. The molecule has 0 saturated carbocycles. The van der Waals surface area contributed by atoms with Crippen LogP contribution in [0.25, 0.3) is 0 Å². The molecule has 0 fully saturated rings. The molecule has 20 heavy (non-hydrogen) atoms. The van der Waals surface area contributed by atoms with Gasteiger partial charge in [0.25, 0.3) is 0 Å². The summed E-state index contributed by atoms with van der Waals surface area (Å²) in [7, 11) is 1.74. The predicted molar refractivity (Wildman–Crippen MR) is 84.5 cm³/mol. The third-order valence-corrected chi connectivity index (χ3v) is 3.58. The van der Waals surface area contributed by atoms with Crippen molar-refractivity contribution in [1.29, 1.82) is 0 Å². The molecule has 0 aliphatic heterocycles. The lowest BCUT2D eigenvalue weighted by molar-refractivity contribution is 0.00533. The van der Waals surface area contributed by atoms with Crippen molar-refractivity contribution in [1.82, 2.24) is 0 Å². The van der Waals surface area contributed by atoms with Crippen LogP contribution in [0.2, 0.25) is 0 Å². The van der Waals surface area contributed by atoms with Gasteiger partial charge in [-0.1, -0.05) is 12.1 Å². The number of benzene rings is 1. The molecule has 0 saturated heterocycles. The van der Waals surface area contributed by atoms with Crippen LogP contribution in [-0.4, -0.2) is 25.4 Å². The van der Waals surface area contributed by atoms with Crippen LogP contribution < -0.4 is 10.5 Å². The molecule has 114 valence electrons. The standard InChI is InChI=1S/C17H29NO2/c1-12-9-15(11-14(3)18)10-13(2)16(12)20-8-7-17(4,5)19-6/h9-10,14H,7-8,11,18H2,1-6H3.